The molecule has 0 aromatic heterocycles. The summed E-state index contributed by atoms with van der Waals surface area (Å²) in [7, 11) is 1.69. The summed E-state index contributed by atoms with van der Waals surface area (Å²) >= 11 is 4.80. The van der Waals surface area contributed by atoms with Gasteiger partial charge in [-0.2, -0.15) is 0 Å². The lowest BCUT2D eigenvalue weighted by atomic mass is 10.2. The molecule has 0 fully saturated rings. The average molecular weight is 232 g/mol. The molecule has 6 nitrogen and oxygen atoms in total. The Morgan fingerprint density at radius 2 is 1.73 bits per heavy atom. The maximum absolute atomic E-state index is 11.4. The molecule has 0 aliphatic carbocycles. The molecular weight excluding hydrogens is 216 g/mol. The summed E-state index contributed by atoms with van der Waals surface area (Å²) in [5.74, 6) is -0.479. The van der Waals surface area contributed by atoms with E-state index in [4.69, 9.17) is 23.7 Å². The third-order valence-corrected chi connectivity index (χ3v) is 2.60. The lowest BCUT2D eigenvalue weighted by molar-refractivity contribution is -0.124. The van der Waals surface area contributed by atoms with Gasteiger partial charge in [-0.1, -0.05) is 12.2 Å². The van der Waals surface area contributed by atoms with Gasteiger partial charge in [0, 0.05) is 0 Å². The Bertz CT molecular complexity index is 282. The lowest BCUT2D eigenvalue weighted by Crippen LogP contribution is -2.52. The number of imide groups is 1. The number of carbonyl (C=O) groups is 2. The summed E-state index contributed by atoms with van der Waals surface area (Å²) < 4.78 is 0. The monoisotopic (exact) mass is 232 g/mol. The van der Waals surface area contributed by atoms with Gasteiger partial charge < -0.3 is 11.5 Å². The molecule has 15 heavy (non-hydrogen) atoms. The van der Waals surface area contributed by atoms with Crippen molar-refractivity contribution in [3.8, 4) is 0 Å². The molecule has 0 saturated heterocycles. The molecule has 0 heterocycles. The summed E-state index contributed by atoms with van der Waals surface area (Å²) in [4.78, 5) is 23.8. The highest BCUT2D eigenvalue weighted by Gasteiger charge is 2.24. The summed E-state index contributed by atoms with van der Waals surface area (Å²) in [5.41, 5.74) is 10.3. The Hall–Kier alpha value is -1.21. The highest BCUT2D eigenvalue weighted by Crippen LogP contribution is 2.02. The maximum atomic E-state index is 11.4. The molecule has 0 radical (unpaired) electrons. The SMILES string of the molecule is CC(C(=O)NC(N)=O)N(C)C(C)C(N)=S. The third kappa shape index (κ3) is 4.22. The van der Waals surface area contributed by atoms with Gasteiger partial charge in [0.1, 0.15) is 0 Å². The third-order valence-electron chi connectivity index (χ3n) is 2.26. The van der Waals surface area contributed by atoms with Gasteiger partial charge in [-0.15, -0.1) is 0 Å². The maximum Gasteiger partial charge on any atom is 0.318 e. The van der Waals surface area contributed by atoms with Gasteiger partial charge in [-0.3, -0.25) is 15.0 Å². The highest BCUT2D eigenvalue weighted by molar-refractivity contribution is 7.80. The second kappa shape index (κ2) is 5.62. The van der Waals surface area contributed by atoms with Crippen molar-refractivity contribution < 1.29 is 9.59 Å². The van der Waals surface area contributed by atoms with E-state index in [1.165, 1.54) is 0 Å². The smallest absolute Gasteiger partial charge is 0.318 e. The zero-order valence-corrected chi connectivity index (χ0v) is 9.80. The Kier molecular flexibility index (Phi) is 5.16. The van der Waals surface area contributed by atoms with Crippen molar-refractivity contribution in [3.63, 3.8) is 0 Å². The number of rotatable bonds is 4. The van der Waals surface area contributed by atoms with Crippen molar-refractivity contribution in [3.05, 3.63) is 0 Å². The number of likely N-dealkylation sites (N-methyl/N-ethyl adjacent to an activating group) is 1. The Morgan fingerprint density at radius 1 is 1.27 bits per heavy atom. The van der Waals surface area contributed by atoms with Crippen LogP contribution in [0.4, 0.5) is 4.79 Å². The van der Waals surface area contributed by atoms with Crippen LogP contribution >= 0.6 is 12.2 Å². The summed E-state index contributed by atoms with van der Waals surface area (Å²) in [6.45, 7) is 3.41. The van der Waals surface area contributed by atoms with E-state index < -0.39 is 18.0 Å². The number of nitrogens with zero attached hydrogens (tertiary/aromatic N) is 1. The van der Waals surface area contributed by atoms with E-state index in [1.54, 1.807) is 25.8 Å². The van der Waals surface area contributed by atoms with E-state index >= 15 is 0 Å². The first-order chi connectivity index (χ1) is 6.77. The molecule has 3 amide bonds. The van der Waals surface area contributed by atoms with Crippen molar-refractivity contribution in [2.75, 3.05) is 7.05 Å². The van der Waals surface area contributed by atoms with Crippen molar-refractivity contribution in [1.82, 2.24) is 10.2 Å². The zero-order chi connectivity index (χ0) is 12.2. The second-order valence-corrected chi connectivity index (χ2v) is 3.74. The zero-order valence-electron chi connectivity index (χ0n) is 8.98. The molecule has 5 N–H and O–H groups in total. The largest absolute Gasteiger partial charge is 0.392 e. The number of primary amides is 1. The number of thiocarbonyl (C=S) groups is 1. The average Bonchev–Trinajstić information content (AvgIpc) is 2.13. The molecule has 86 valence electrons. The van der Waals surface area contributed by atoms with Crippen LogP contribution in [0.2, 0.25) is 0 Å². The van der Waals surface area contributed by atoms with Gasteiger partial charge in [0.15, 0.2) is 0 Å². The molecule has 7 heteroatoms. The second-order valence-electron chi connectivity index (χ2n) is 3.27. The van der Waals surface area contributed by atoms with E-state index in [-0.39, 0.29) is 11.0 Å². The minimum absolute atomic E-state index is 0.228. The van der Waals surface area contributed by atoms with Gasteiger partial charge >= 0.3 is 6.03 Å². The molecule has 2 atom stereocenters. The van der Waals surface area contributed by atoms with Crippen molar-refractivity contribution in [1.29, 1.82) is 0 Å². The van der Waals surface area contributed by atoms with E-state index in [2.05, 4.69) is 0 Å². The molecular formula is C8H16N4O2S. The van der Waals surface area contributed by atoms with E-state index in [1.807, 2.05) is 5.32 Å². The fourth-order valence-corrected chi connectivity index (χ4v) is 1.11. The Morgan fingerprint density at radius 3 is 2.07 bits per heavy atom. The molecule has 0 aliphatic rings. The number of carbonyl (C=O) groups excluding carboxylic acids is 2. The van der Waals surface area contributed by atoms with Gasteiger partial charge in [0.05, 0.1) is 17.1 Å². The van der Waals surface area contributed by atoms with Gasteiger partial charge in [0.2, 0.25) is 5.91 Å². The van der Waals surface area contributed by atoms with E-state index in [9.17, 15) is 9.59 Å². The normalized spacial score (nSPS) is 14.4. The lowest BCUT2D eigenvalue weighted by Gasteiger charge is -2.28. The molecule has 0 bridgehead atoms. The van der Waals surface area contributed by atoms with Crippen LogP contribution in [0.3, 0.4) is 0 Å². The standard InChI is InChI=1S/C8H16N4O2S/c1-4(6(9)15)12(3)5(2)7(13)11-8(10)14/h4-5H,1-3H3,(H2,9,15)(H3,10,11,13,14). The molecule has 2 unspecified atom stereocenters. The number of hydrogen-bond donors (Lipinski definition) is 3. The first-order valence-corrected chi connectivity index (χ1v) is 4.79. The number of amides is 3. The Balaban J connectivity index is 4.43. The molecule has 0 aliphatic heterocycles. The summed E-state index contributed by atoms with van der Waals surface area (Å²) in [6, 6.07) is -1.63. The number of hydrogen-bond acceptors (Lipinski definition) is 4. The molecule has 0 aromatic rings. The highest BCUT2D eigenvalue weighted by atomic mass is 32.1. The van der Waals surface area contributed by atoms with Gasteiger partial charge in [0.25, 0.3) is 0 Å². The predicted molar refractivity (Wildman–Crippen MR) is 61.2 cm³/mol. The Labute approximate surface area is 94.0 Å². The fraction of sp³-hybridized carbons (Fsp3) is 0.625. The van der Waals surface area contributed by atoms with Crippen LogP contribution in [0.15, 0.2) is 0 Å². The minimum atomic E-state index is -0.872. The van der Waals surface area contributed by atoms with Crippen LogP contribution in [0.1, 0.15) is 13.8 Å². The van der Waals surface area contributed by atoms with Crippen LogP contribution in [0, 0.1) is 0 Å². The van der Waals surface area contributed by atoms with Crippen LogP contribution < -0.4 is 16.8 Å². The summed E-state index contributed by atoms with van der Waals surface area (Å²) in [6.07, 6.45) is 0. The van der Waals surface area contributed by atoms with E-state index in [0.717, 1.165) is 0 Å². The van der Waals surface area contributed by atoms with Crippen molar-refractivity contribution in [2.24, 2.45) is 11.5 Å². The van der Waals surface area contributed by atoms with Crippen LogP contribution in [0.25, 0.3) is 0 Å². The topological polar surface area (TPSA) is 101 Å². The first-order valence-electron chi connectivity index (χ1n) is 4.39. The summed E-state index contributed by atoms with van der Waals surface area (Å²) in [5, 5.41) is 1.99. The van der Waals surface area contributed by atoms with Gasteiger partial charge in [-0.25, -0.2) is 4.79 Å². The van der Waals surface area contributed by atoms with E-state index in [0.29, 0.717) is 0 Å². The van der Waals surface area contributed by atoms with Crippen molar-refractivity contribution in [2.45, 2.75) is 25.9 Å². The van der Waals surface area contributed by atoms with Crippen LogP contribution in [-0.2, 0) is 4.79 Å². The predicted octanol–water partition coefficient (Wildman–Crippen LogP) is -0.824. The first kappa shape index (κ1) is 13.8. The molecule has 0 rings (SSSR count). The molecule has 0 spiro atoms. The molecule has 0 aromatic carbocycles. The molecule has 0 saturated carbocycles. The number of nitrogens with one attached hydrogen (secondary N) is 1. The van der Waals surface area contributed by atoms with Crippen LogP contribution in [-0.4, -0.2) is 41.0 Å². The number of nitrogens with two attached hydrogens (primary N) is 2. The quantitative estimate of drug-likeness (QED) is 0.549. The number of urea groups is 1. The van der Waals surface area contributed by atoms with Gasteiger partial charge in [-0.05, 0) is 20.9 Å². The van der Waals surface area contributed by atoms with Crippen molar-refractivity contribution >= 4 is 29.1 Å². The fourth-order valence-electron chi connectivity index (χ4n) is 0.947. The van der Waals surface area contributed by atoms with Crippen LogP contribution in [0.5, 0.6) is 0 Å². The minimum Gasteiger partial charge on any atom is -0.392 e.